The number of rotatable bonds is 3. The summed E-state index contributed by atoms with van der Waals surface area (Å²) < 4.78 is 4.99. The largest absolute Gasteiger partial charge is 0.362 e. The number of pyridine rings is 1. The van der Waals surface area contributed by atoms with E-state index in [1.165, 1.54) is 0 Å². The van der Waals surface area contributed by atoms with Gasteiger partial charge < -0.3 is 14.8 Å². The predicted octanol–water partition coefficient (Wildman–Crippen LogP) is 1.83. The van der Waals surface area contributed by atoms with Gasteiger partial charge in [0.05, 0.1) is 6.54 Å². The van der Waals surface area contributed by atoms with Crippen molar-refractivity contribution in [2.24, 2.45) is 0 Å². The maximum Gasteiger partial charge on any atom is 0.257 e. The summed E-state index contributed by atoms with van der Waals surface area (Å²) in [4.78, 5) is 18.7. The van der Waals surface area contributed by atoms with Crippen LogP contribution in [-0.4, -0.2) is 15.1 Å². The maximum atomic E-state index is 11.9. The number of aromatic amines is 1. The third-order valence-electron chi connectivity index (χ3n) is 2.75. The van der Waals surface area contributed by atoms with E-state index in [1.807, 2.05) is 24.3 Å². The summed E-state index contributed by atoms with van der Waals surface area (Å²) in [5, 5.41) is 8.31. The minimum absolute atomic E-state index is 0.123. The number of hydrogen-bond donors (Lipinski definition) is 2. The van der Waals surface area contributed by atoms with Crippen molar-refractivity contribution in [3.63, 3.8) is 0 Å². The lowest BCUT2D eigenvalue weighted by atomic mass is 10.2. The smallest absolute Gasteiger partial charge is 0.257 e. The first kappa shape index (κ1) is 11.5. The van der Waals surface area contributed by atoms with Crippen molar-refractivity contribution >= 4 is 16.6 Å². The van der Waals surface area contributed by atoms with Gasteiger partial charge in [-0.15, -0.1) is 0 Å². The molecule has 0 saturated carbocycles. The highest BCUT2D eigenvalue weighted by molar-refractivity contribution is 5.83. The lowest BCUT2D eigenvalue weighted by Crippen LogP contribution is -2.10. The van der Waals surface area contributed by atoms with Gasteiger partial charge in [0, 0.05) is 5.39 Å². The van der Waals surface area contributed by atoms with Crippen LogP contribution in [-0.2, 0) is 6.54 Å². The van der Waals surface area contributed by atoms with E-state index in [4.69, 9.17) is 4.52 Å². The molecule has 0 saturated heterocycles. The van der Waals surface area contributed by atoms with Crippen molar-refractivity contribution in [3.05, 3.63) is 52.4 Å². The van der Waals surface area contributed by atoms with E-state index < -0.39 is 0 Å². The van der Waals surface area contributed by atoms with Crippen molar-refractivity contribution < 1.29 is 4.52 Å². The number of benzene rings is 1. The van der Waals surface area contributed by atoms with Crippen LogP contribution in [0.15, 0.2) is 39.6 Å². The molecule has 6 nitrogen and oxygen atoms in total. The standard InChI is InChI=1S/C13H12N4O2/c1-8-15-12(19-17-8)7-14-11-6-9-4-2-3-5-10(9)13(18)16-11/h2-6H,7H2,1H3,(H2,14,16,18). The van der Waals surface area contributed by atoms with Crippen LogP contribution in [0.3, 0.4) is 0 Å². The summed E-state index contributed by atoms with van der Waals surface area (Å²) in [6.07, 6.45) is 0. The monoisotopic (exact) mass is 256 g/mol. The molecule has 0 atom stereocenters. The lowest BCUT2D eigenvalue weighted by Gasteiger charge is -2.04. The fourth-order valence-corrected chi connectivity index (χ4v) is 1.89. The highest BCUT2D eigenvalue weighted by Gasteiger charge is 2.04. The molecule has 96 valence electrons. The molecule has 2 heterocycles. The Labute approximate surface area is 108 Å². The molecular formula is C13H12N4O2. The fourth-order valence-electron chi connectivity index (χ4n) is 1.89. The van der Waals surface area contributed by atoms with E-state index in [2.05, 4.69) is 20.4 Å². The van der Waals surface area contributed by atoms with E-state index in [1.54, 1.807) is 13.0 Å². The molecule has 0 aliphatic rings. The van der Waals surface area contributed by atoms with Gasteiger partial charge in [-0.2, -0.15) is 4.98 Å². The first-order chi connectivity index (χ1) is 9.22. The normalized spacial score (nSPS) is 10.8. The summed E-state index contributed by atoms with van der Waals surface area (Å²) in [5.74, 6) is 1.69. The van der Waals surface area contributed by atoms with Gasteiger partial charge >= 0.3 is 0 Å². The molecule has 3 aromatic rings. The summed E-state index contributed by atoms with van der Waals surface area (Å²) in [5.41, 5.74) is -0.123. The van der Waals surface area contributed by atoms with Crippen molar-refractivity contribution in [1.29, 1.82) is 0 Å². The Balaban J connectivity index is 1.87. The Morgan fingerprint density at radius 1 is 1.37 bits per heavy atom. The van der Waals surface area contributed by atoms with Crippen molar-refractivity contribution in [3.8, 4) is 0 Å². The SMILES string of the molecule is Cc1noc(CNc2cc3ccccc3c(=O)[nH]2)n1. The van der Waals surface area contributed by atoms with Gasteiger partial charge in [0.2, 0.25) is 5.89 Å². The molecule has 2 N–H and O–H groups in total. The molecule has 19 heavy (non-hydrogen) atoms. The molecule has 0 fully saturated rings. The second-order valence-corrected chi connectivity index (χ2v) is 4.19. The van der Waals surface area contributed by atoms with Crippen LogP contribution in [0.2, 0.25) is 0 Å². The number of nitrogens with zero attached hydrogens (tertiary/aromatic N) is 2. The van der Waals surface area contributed by atoms with Gasteiger partial charge in [-0.1, -0.05) is 23.4 Å². The van der Waals surface area contributed by atoms with Crippen LogP contribution in [0.5, 0.6) is 0 Å². The molecule has 3 rings (SSSR count). The average Bonchev–Trinajstić information content (AvgIpc) is 2.82. The molecule has 0 spiro atoms. The molecule has 0 aliphatic carbocycles. The van der Waals surface area contributed by atoms with Gasteiger partial charge in [0.25, 0.3) is 5.56 Å². The number of nitrogens with one attached hydrogen (secondary N) is 2. The molecule has 0 unspecified atom stereocenters. The molecule has 1 aromatic carbocycles. The number of fused-ring (bicyclic) bond motifs is 1. The van der Waals surface area contributed by atoms with Crippen LogP contribution >= 0.6 is 0 Å². The molecular weight excluding hydrogens is 244 g/mol. The Morgan fingerprint density at radius 2 is 2.21 bits per heavy atom. The third-order valence-corrected chi connectivity index (χ3v) is 2.75. The molecule has 0 aliphatic heterocycles. The van der Waals surface area contributed by atoms with E-state index in [9.17, 15) is 4.79 Å². The van der Waals surface area contributed by atoms with Gasteiger partial charge in [0.1, 0.15) is 5.82 Å². The molecule has 0 bridgehead atoms. The quantitative estimate of drug-likeness (QED) is 0.747. The fraction of sp³-hybridized carbons (Fsp3) is 0.154. The van der Waals surface area contributed by atoms with E-state index >= 15 is 0 Å². The van der Waals surface area contributed by atoms with Crippen LogP contribution in [0.1, 0.15) is 11.7 Å². The number of aryl methyl sites for hydroxylation is 1. The zero-order valence-corrected chi connectivity index (χ0v) is 10.3. The van der Waals surface area contributed by atoms with Gasteiger partial charge in [-0.25, -0.2) is 0 Å². The number of anilines is 1. The second kappa shape index (κ2) is 4.56. The Hall–Kier alpha value is -2.63. The summed E-state index contributed by atoms with van der Waals surface area (Å²) in [6, 6.07) is 9.30. The van der Waals surface area contributed by atoms with Crippen LogP contribution in [0.4, 0.5) is 5.82 Å². The van der Waals surface area contributed by atoms with Gasteiger partial charge in [0.15, 0.2) is 5.82 Å². The van der Waals surface area contributed by atoms with Crippen LogP contribution < -0.4 is 10.9 Å². The Bertz CT molecular complexity index is 775. The third kappa shape index (κ3) is 2.33. The zero-order chi connectivity index (χ0) is 13.2. The van der Waals surface area contributed by atoms with E-state index in [-0.39, 0.29) is 5.56 Å². The molecule has 0 amide bonds. The van der Waals surface area contributed by atoms with Gasteiger partial charge in [-0.3, -0.25) is 4.79 Å². The van der Waals surface area contributed by atoms with Crippen LogP contribution in [0, 0.1) is 6.92 Å². The van der Waals surface area contributed by atoms with Crippen molar-refractivity contribution in [1.82, 2.24) is 15.1 Å². The summed E-state index contributed by atoms with van der Waals surface area (Å²) >= 11 is 0. The molecule has 6 heteroatoms. The van der Waals surface area contributed by atoms with Crippen molar-refractivity contribution in [2.75, 3.05) is 5.32 Å². The Morgan fingerprint density at radius 3 is 3.00 bits per heavy atom. The molecule has 2 aromatic heterocycles. The van der Waals surface area contributed by atoms with Gasteiger partial charge in [-0.05, 0) is 24.4 Å². The topological polar surface area (TPSA) is 83.8 Å². The lowest BCUT2D eigenvalue weighted by molar-refractivity contribution is 0.379. The average molecular weight is 256 g/mol. The minimum atomic E-state index is -0.123. The summed E-state index contributed by atoms with van der Waals surface area (Å²) in [6.45, 7) is 2.13. The minimum Gasteiger partial charge on any atom is -0.362 e. The zero-order valence-electron chi connectivity index (χ0n) is 10.3. The number of hydrogen-bond acceptors (Lipinski definition) is 5. The maximum absolute atomic E-state index is 11.9. The number of aromatic nitrogens is 3. The number of H-pyrrole nitrogens is 1. The van der Waals surface area contributed by atoms with Crippen LogP contribution in [0.25, 0.3) is 10.8 Å². The van der Waals surface area contributed by atoms with E-state index in [0.717, 1.165) is 5.39 Å². The van der Waals surface area contributed by atoms with E-state index in [0.29, 0.717) is 29.5 Å². The Kier molecular flexibility index (Phi) is 2.75. The highest BCUT2D eigenvalue weighted by Crippen LogP contribution is 2.13. The summed E-state index contributed by atoms with van der Waals surface area (Å²) in [7, 11) is 0. The first-order valence-corrected chi connectivity index (χ1v) is 5.87. The molecule has 0 radical (unpaired) electrons. The predicted molar refractivity (Wildman–Crippen MR) is 70.9 cm³/mol. The first-order valence-electron chi connectivity index (χ1n) is 5.87. The highest BCUT2D eigenvalue weighted by atomic mass is 16.5. The second-order valence-electron chi connectivity index (χ2n) is 4.19. The van der Waals surface area contributed by atoms with Crippen molar-refractivity contribution in [2.45, 2.75) is 13.5 Å².